The second-order valence-electron chi connectivity index (χ2n) is 3.59. The third kappa shape index (κ3) is 3.44. The molecule has 0 aliphatic carbocycles. The molecular weight excluding hydrogens is 439 g/mol. The van der Waals surface area contributed by atoms with E-state index in [9.17, 15) is 0 Å². The maximum absolute atomic E-state index is 6.20. The monoisotopic (exact) mass is 440 g/mol. The van der Waals surface area contributed by atoms with Gasteiger partial charge in [-0.25, -0.2) is 0 Å². The molecule has 0 radical (unpaired) electrons. The standard InChI is InChI=1S/C10H5Cl9/c11-7(12,6-4-2-1-3-5-6)8(13,14)9(15,16)10(17,18)19/h1-5H. The Morgan fingerprint density at radius 3 is 1.37 bits per heavy atom. The summed E-state index contributed by atoms with van der Waals surface area (Å²) in [5.41, 5.74) is 0.350. The molecule has 0 aliphatic heterocycles. The average molecular weight is 444 g/mol. The predicted octanol–water partition coefficient (Wildman–Crippen LogP) is 7.04. The smallest absolute Gasteiger partial charge is 0.0943 e. The summed E-state index contributed by atoms with van der Waals surface area (Å²) in [4.78, 5) is 0. The van der Waals surface area contributed by atoms with Crippen LogP contribution in [-0.4, -0.2) is 12.5 Å². The van der Waals surface area contributed by atoms with Crippen LogP contribution in [0.1, 0.15) is 5.56 Å². The summed E-state index contributed by atoms with van der Waals surface area (Å²) < 4.78 is -8.61. The maximum Gasteiger partial charge on any atom is 0.226 e. The molecule has 0 unspecified atom stereocenters. The molecule has 0 bridgehead atoms. The predicted molar refractivity (Wildman–Crippen MR) is 89.0 cm³/mol. The lowest BCUT2D eigenvalue weighted by atomic mass is 10.1. The van der Waals surface area contributed by atoms with Crippen molar-refractivity contribution in [3.05, 3.63) is 35.9 Å². The van der Waals surface area contributed by atoms with Gasteiger partial charge in [-0.3, -0.25) is 0 Å². The molecule has 1 aromatic rings. The normalized spacial score (nSPS) is 14.6. The first-order valence-electron chi connectivity index (χ1n) is 4.61. The highest BCUT2D eigenvalue weighted by Crippen LogP contribution is 2.65. The largest absolute Gasteiger partial charge is 0.226 e. The van der Waals surface area contributed by atoms with Crippen molar-refractivity contribution in [3.8, 4) is 0 Å². The van der Waals surface area contributed by atoms with Gasteiger partial charge in [0, 0.05) is 0 Å². The molecule has 0 atom stereocenters. The van der Waals surface area contributed by atoms with Crippen molar-refractivity contribution in [2.24, 2.45) is 0 Å². The van der Waals surface area contributed by atoms with Crippen LogP contribution >= 0.6 is 104 Å². The number of hydrogen-bond acceptors (Lipinski definition) is 0. The molecule has 0 nitrogen and oxygen atoms in total. The van der Waals surface area contributed by atoms with E-state index in [0.717, 1.165) is 0 Å². The van der Waals surface area contributed by atoms with Crippen LogP contribution in [0.4, 0.5) is 0 Å². The van der Waals surface area contributed by atoms with E-state index in [1.54, 1.807) is 30.3 Å². The summed E-state index contributed by atoms with van der Waals surface area (Å²) in [6, 6.07) is 8.28. The van der Waals surface area contributed by atoms with E-state index in [2.05, 4.69) is 0 Å². The summed E-state index contributed by atoms with van der Waals surface area (Å²) in [5.74, 6) is 0. The Balaban J connectivity index is 3.34. The van der Waals surface area contributed by atoms with Crippen molar-refractivity contribution in [2.75, 3.05) is 0 Å². The van der Waals surface area contributed by atoms with Crippen LogP contribution in [0.15, 0.2) is 30.3 Å². The minimum absolute atomic E-state index is 0.350. The number of halogens is 9. The van der Waals surface area contributed by atoms with Crippen LogP contribution < -0.4 is 0 Å². The molecule has 1 rings (SSSR count). The van der Waals surface area contributed by atoms with E-state index >= 15 is 0 Å². The number of rotatable bonds is 3. The molecule has 0 saturated carbocycles. The SMILES string of the molecule is ClC(Cl)(Cl)C(Cl)(Cl)C(Cl)(Cl)C(Cl)(Cl)c1ccccc1. The fourth-order valence-electron chi connectivity index (χ4n) is 1.20. The van der Waals surface area contributed by atoms with Gasteiger partial charge in [-0.1, -0.05) is 135 Å². The van der Waals surface area contributed by atoms with E-state index in [1.807, 2.05) is 0 Å². The van der Waals surface area contributed by atoms with E-state index in [-0.39, 0.29) is 0 Å². The minimum Gasteiger partial charge on any atom is -0.0943 e. The Morgan fingerprint density at radius 2 is 1.00 bits per heavy atom. The summed E-state index contributed by atoms with van der Waals surface area (Å²) in [5, 5.41) is 0. The number of benzene rings is 1. The first-order chi connectivity index (χ1) is 8.36. The molecule has 0 aromatic heterocycles. The zero-order valence-electron chi connectivity index (χ0n) is 8.79. The molecule has 0 heterocycles. The minimum atomic E-state index is -2.27. The molecular formula is C10H5Cl9. The van der Waals surface area contributed by atoms with Gasteiger partial charge in [-0.2, -0.15) is 0 Å². The van der Waals surface area contributed by atoms with Crippen LogP contribution in [0.5, 0.6) is 0 Å². The molecule has 0 spiro atoms. The van der Waals surface area contributed by atoms with E-state index in [0.29, 0.717) is 5.56 Å². The van der Waals surface area contributed by atoms with E-state index in [4.69, 9.17) is 104 Å². The van der Waals surface area contributed by atoms with Crippen LogP contribution in [0.3, 0.4) is 0 Å². The lowest BCUT2D eigenvalue weighted by Crippen LogP contribution is -2.54. The van der Waals surface area contributed by atoms with Gasteiger partial charge in [0.25, 0.3) is 0 Å². The Hall–Kier alpha value is 1.83. The quantitative estimate of drug-likeness (QED) is 0.439. The highest BCUT2D eigenvalue weighted by atomic mass is 35.6. The van der Waals surface area contributed by atoms with Crippen LogP contribution in [0.25, 0.3) is 0 Å². The van der Waals surface area contributed by atoms with Gasteiger partial charge >= 0.3 is 0 Å². The fourth-order valence-corrected chi connectivity index (χ4v) is 3.43. The van der Waals surface area contributed by atoms with E-state index in [1.165, 1.54) is 0 Å². The van der Waals surface area contributed by atoms with Crippen molar-refractivity contribution in [1.82, 2.24) is 0 Å². The van der Waals surface area contributed by atoms with Gasteiger partial charge < -0.3 is 0 Å². The molecule has 0 aliphatic rings. The Labute approximate surface area is 156 Å². The van der Waals surface area contributed by atoms with Gasteiger partial charge in [-0.15, -0.1) is 0 Å². The average Bonchev–Trinajstić information content (AvgIpc) is 2.28. The highest BCUT2D eigenvalue weighted by molar-refractivity contribution is 6.80. The Morgan fingerprint density at radius 1 is 0.579 bits per heavy atom. The number of alkyl halides is 9. The van der Waals surface area contributed by atoms with Crippen LogP contribution in [0.2, 0.25) is 0 Å². The molecule has 0 saturated heterocycles. The Bertz CT molecular complexity index is 432. The third-order valence-electron chi connectivity index (χ3n) is 2.28. The Kier molecular flexibility index (Phi) is 6.10. The fraction of sp³-hybridized carbons (Fsp3) is 0.400. The lowest BCUT2D eigenvalue weighted by Gasteiger charge is -2.44. The zero-order valence-corrected chi connectivity index (χ0v) is 15.6. The first kappa shape index (κ1) is 18.9. The zero-order chi connectivity index (χ0) is 15.1. The van der Waals surface area contributed by atoms with Gasteiger partial charge in [-0.05, 0) is 5.56 Å². The molecule has 1 aromatic carbocycles. The lowest BCUT2D eigenvalue weighted by molar-refractivity contribution is 0.600. The summed E-state index contributed by atoms with van der Waals surface area (Å²) >= 11 is 53.6. The van der Waals surface area contributed by atoms with Crippen LogP contribution in [0, 0.1) is 0 Å². The summed E-state index contributed by atoms with van der Waals surface area (Å²) in [6.45, 7) is 0. The van der Waals surface area contributed by atoms with Crippen molar-refractivity contribution < 1.29 is 0 Å². The molecule has 0 amide bonds. The molecule has 0 N–H and O–H groups in total. The van der Waals surface area contributed by atoms with E-state index < -0.39 is 16.8 Å². The molecule has 108 valence electrons. The van der Waals surface area contributed by atoms with Gasteiger partial charge in [0.05, 0.1) is 0 Å². The van der Waals surface area contributed by atoms with Gasteiger partial charge in [0.1, 0.15) is 0 Å². The first-order valence-corrected chi connectivity index (χ1v) is 8.01. The molecule has 19 heavy (non-hydrogen) atoms. The van der Waals surface area contributed by atoms with Gasteiger partial charge in [0.15, 0.2) is 8.67 Å². The summed E-state index contributed by atoms with van der Waals surface area (Å²) in [6.07, 6.45) is 0. The topological polar surface area (TPSA) is 0 Å². The highest BCUT2D eigenvalue weighted by Gasteiger charge is 2.68. The second kappa shape index (κ2) is 6.14. The molecule has 0 fully saturated rings. The van der Waals surface area contributed by atoms with Crippen molar-refractivity contribution >= 4 is 104 Å². The maximum atomic E-state index is 6.20. The van der Waals surface area contributed by atoms with Crippen molar-refractivity contribution in [1.29, 1.82) is 0 Å². The number of hydrogen-bond donors (Lipinski definition) is 0. The summed E-state index contributed by atoms with van der Waals surface area (Å²) in [7, 11) is 0. The third-order valence-corrected chi connectivity index (χ3v) is 7.76. The van der Waals surface area contributed by atoms with Crippen LogP contribution in [-0.2, 0) is 4.33 Å². The van der Waals surface area contributed by atoms with Crippen molar-refractivity contribution in [2.45, 2.75) is 16.8 Å². The molecule has 9 heteroatoms. The van der Waals surface area contributed by atoms with Gasteiger partial charge in [0.2, 0.25) is 8.13 Å². The van der Waals surface area contributed by atoms with Crippen molar-refractivity contribution in [3.63, 3.8) is 0 Å². The second-order valence-corrected chi connectivity index (χ2v) is 9.85.